The molecule has 0 radical (unpaired) electrons. The first kappa shape index (κ1) is 35.3. The number of aromatic nitrogens is 2. The van der Waals surface area contributed by atoms with Crippen LogP contribution in [-0.4, -0.2) is 9.97 Å². The predicted octanol–water partition coefficient (Wildman–Crippen LogP) is 13.0. The highest BCUT2D eigenvalue weighted by Crippen LogP contribution is 2.55. The van der Waals surface area contributed by atoms with Crippen molar-refractivity contribution in [1.82, 2.24) is 9.97 Å². The van der Waals surface area contributed by atoms with Crippen LogP contribution < -0.4 is 0 Å². The van der Waals surface area contributed by atoms with E-state index in [-0.39, 0.29) is 32.5 Å². The second-order valence-corrected chi connectivity index (χ2v) is 20.6. The summed E-state index contributed by atoms with van der Waals surface area (Å²) in [5.41, 5.74) is 19.2. The molecular weight excluding hydrogens is 569 g/mol. The summed E-state index contributed by atoms with van der Waals surface area (Å²) >= 11 is 0. The lowest BCUT2D eigenvalue weighted by Crippen LogP contribution is -2.22. The molecule has 2 N–H and O–H groups in total. The van der Waals surface area contributed by atoms with Crippen molar-refractivity contribution in [2.75, 3.05) is 0 Å². The molecule has 0 bridgehead atoms. The molecule has 0 saturated heterocycles. The van der Waals surface area contributed by atoms with E-state index < -0.39 is 0 Å². The molecule has 2 heteroatoms. The summed E-state index contributed by atoms with van der Waals surface area (Å²) in [4.78, 5) is 8.25. The number of H-pyrrole nitrogens is 2. The Labute approximate surface area is 287 Å². The summed E-state index contributed by atoms with van der Waals surface area (Å²) in [6, 6.07) is 14.0. The van der Waals surface area contributed by atoms with Gasteiger partial charge in [0.25, 0.3) is 0 Å². The molecule has 1 aliphatic rings. The zero-order valence-electron chi connectivity index (χ0n) is 33.2. The molecule has 0 aliphatic heterocycles. The molecule has 0 saturated carbocycles. The van der Waals surface area contributed by atoms with Crippen LogP contribution in [0.1, 0.15) is 170 Å². The third-order valence-corrected chi connectivity index (χ3v) is 10.0. The zero-order valence-corrected chi connectivity index (χ0v) is 33.2. The Morgan fingerprint density at radius 2 is 0.787 bits per heavy atom. The van der Waals surface area contributed by atoms with Gasteiger partial charge in [-0.25, -0.2) is 0 Å². The second-order valence-electron chi connectivity index (χ2n) is 20.6. The quantitative estimate of drug-likeness (QED) is 0.194. The third-order valence-electron chi connectivity index (χ3n) is 10.0. The van der Waals surface area contributed by atoms with Gasteiger partial charge in [0.05, 0.1) is 0 Å². The Morgan fingerprint density at radius 1 is 0.383 bits per heavy atom. The lowest BCUT2D eigenvalue weighted by molar-refractivity contribution is 0.517. The van der Waals surface area contributed by atoms with Crippen molar-refractivity contribution < 1.29 is 0 Å². The number of hydrogen-bond donors (Lipinski definition) is 2. The molecule has 0 unspecified atom stereocenters. The molecule has 2 aromatic heterocycles. The van der Waals surface area contributed by atoms with Gasteiger partial charge in [0.2, 0.25) is 0 Å². The summed E-state index contributed by atoms with van der Waals surface area (Å²) < 4.78 is 0. The molecule has 254 valence electrons. The van der Waals surface area contributed by atoms with Crippen LogP contribution >= 0.6 is 0 Å². The molecular formula is C45H64N2. The Hall–Kier alpha value is -3.00. The zero-order chi connectivity index (χ0) is 35.4. The van der Waals surface area contributed by atoms with Gasteiger partial charge in [0.1, 0.15) is 0 Å². The molecule has 0 amide bonds. The van der Waals surface area contributed by atoms with Gasteiger partial charge in [-0.2, -0.15) is 0 Å². The lowest BCUT2D eigenvalue weighted by Gasteiger charge is -2.31. The van der Waals surface area contributed by atoms with Crippen LogP contribution in [0.2, 0.25) is 0 Å². The maximum Gasteiger partial charge on any atom is 0.0287 e. The van der Waals surface area contributed by atoms with E-state index in [0.717, 1.165) is 6.42 Å². The number of rotatable bonds is 2. The van der Waals surface area contributed by atoms with Crippen molar-refractivity contribution in [3.8, 4) is 33.4 Å². The monoisotopic (exact) mass is 633 g/mol. The molecule has 0 fully saturated rings. The lowest BCUT2D eigenvalue weighted by atomic mass is 9.71. The smallest absolute Gasteiger partial charge is 0.0287 e. The van der Waals surface area contributed by atoms with E-state index in [2.05, 4.69) is 171 Å². The van der Waals surface area contributed by atoms with Crippen LogP contribution in [0.25, 0.3) is 33.4 Å². The van der Waals surface area contributed by atoms with Gasteiger partial charge < -0.3 is 9.97 Å². The first-order chi connectivity index (χ1) is 21.1. The van der Waals surface area contributed by atoms with Gasteiger partial charge in [0, 0.05) is 55.6 Å². The van der Waals surface area contributed by atoms with E-state index in [1.807, 2.05) is 0 Å². The van der Waals surface area contributed by atoms with Crippen molar-refractivity contribution in [3.05, 3.63) is 81.4 Å². The van der Waals surface area contributed by atoms with Gasteiger partial charge in [-0.15, -0.1) is 0 Å². The average Bonchev–Trinajstić information content (AvgIpc) is 3.58. The Bertz CT molecular complexity index is 1820. The van der Waals surface area contributed by atoms with Crippen LogP contribution in [0.15, 0.2) is 36.4 Å². The van der Waals surface area contributed by atoms with Gasteiger partial charge in [0.15, 0.2) is 0 Å². The molecule has 2 nitrogen and oxygen atoms in total. The van der Waals surface area contributed by atoms with Crippen LogP contribution in [0.3, 0.4) is 0 Å². The molecule has 5 rings (SSSR count). The maximum atomic E-state index is 4.14. The van der Waals surface area contributed by atoms with Crippen LogP contribution in [0.5, 0.6) is 0 Å². The van der Waals surface area contributed by atoms with Crippen LogP contribution in [-0.2, 0) is 38.9 Å². The van der Waals surface area contributed by atoms with Gasteiger partial charge in [-0.05, 0) is 61.8 Å². The Kier molecular flexibility index (Phi) is 8.08. The van der Waals surface area contributed by atoms with Crippen molar-refractivity contribution >= 4 is 0 Å². The fourth-order valence-electron chi connectivity index (χ4n) is 7.97. The Morgan fingerprint density at radius 3 is 1.23 bits per heavy atom. The van der Waals surface area contributed by atoms with Gasteiger partial charge >= 0.3 is 0 Å². The highest BCUT2D eigenvalue weighted by Gasteiger charge is 2.41. The number of aromatic amines is 2. The largest absolute Gasteiger partial charge is 0.361 e. The van der Waals surface area contributed by atoms with Crippen LogP contribution in [0, 0.1) is 0 Å². The van der Waals surface area contributed by atoms with Crippen molar-refractivity contribution in [1.29, 1.82) is 0 Å². The highest BCUT2D eigenvalue weighted by molar-refractivity contribution is 5.98. The Balaban J connectivity index is 2.11. The summed E-state index contributed by atoms with van der Waals surface area (Å²) in [5, 5.41) is 0. The summed E-state index contributed by atoms with van der Waals surface area (Å²) in [5.74, 6) is 0. The summed E-state index contributed by atoms with van der Waals surface area (Å²) in [7, 11) is 0. The number of nitrogens with one attached hydrogen (secondary N) is 2. The first-order valence-electron chi connectivity index (χ1n) is 17.9. The fourth-order valence-corrected chi connectivity index (χ4v) is 7.97. The molecule has 47 heavy (non-hydrogen) atoms. The fraction of sp³-hybridized carbons (Fsp3) is 0.556. The standard InChI is InChI=1S/C45H64N2/c1-40(2,3)34-32(36(42(7,8)9)46-38(34)44(13,14)15)29-24-23-28-27-22-20-19-21-26(27)25-30(28)31(29)33-35(41(4,5)6)39(45(16,17)18)47-37(33)43(10,11)12/h19-24,46-47H,25H2,1-18H3. The molecule has 4 aromatic rings. The van der Waals surface area contributed by atoms with E-state index in [1.54, 1.807) is 0 Å². The van der Waals surface area contributed by atoms with Crippen molar-refractivity contribution in [2.24, 2.45) is 0 Å². The van der Waals surface area contributed by atoms with Crippen LogP contribution in [0.4, 0.5) is 0 Å². The van der Waals surface area contributed by atoms with E-state index in [9.17, 15) is 0 Å². The van der Waals surface area contributed by atoms with E-state index >= 15 is 0 Å². The minimum atomic E-state index is -0.0846. The van der Waals surface area contributed by atoms with E-state index in [0.29, 0.717) is 0 Å². The SMILES string of the molecule is CC(C)(C)c1[nH]c(C(C)(C)C)c(C(C)(C)C)c1-c1ccc2c(c1-c1c(C(C)(C)C)[nH]c(C(C)(C)C)c1C(C)(C)C)Cc1ccccc1-2. The normalized spacial score (nSPS) is 14.5. The minimum absolute atomic E-state index is 0.0331. The van der Waals surface area contributed by atoms with Gasteiger partial charge in [-0.1, -0.05) is 161 Å². The molecule has 0 atom stereocenters. The van der Waals surface area contributed by atoms with Gasteiger partial charge in [-0.3, -0.25) is 0 Å². The van der Waals surface area contributed by atoms with E-state index in [4.69, 9.17) is 0 Å². The summed E-state index contributed by atoms with van der Waals surface area (Å²) in [6.45, 7) is 42.9. The maximum absolute atomic E-state index is 4.14. The number of hydrogen-bond acceptors (Lipinski definition) is 0. The highest BCUT2D eigenvalue weighted by atomic mass is 14.8. The molecule has 2 heterocycles. The number of benzene rings is 2. The minimum Gasteiger partial charge on any atom is -0.361 e. The third kappa shape index (κ3) is 6.08. The predicted molar refractivity (Wildman–Crippen MR) is 206 cm³/mol. The second kappa shape index (κ2) is 10.8. The molecule has 1 aliphatic carbocycles. The average molecular weight is 633 g/mol. The summed E-state index contributed by atoms with van der Waals surface area (Å²) in [6.07, 6.45) is 0.949. The molecule has 2 aromatic carbocycles. The van der Waals surface area contributed by atoms with E-state index in [1.165, 1.54) is 78.4 Å². The topological polar surface area (TPSA) is 31.6 Å². The first-order valence-corrected chi connectivity index (χ1v) is 17.9. The van der Waals surface area contributed by atoms with Crippen molar-refractivity contribution in [3.63, 3.8) is 0 Å². The van der Waals surface area contributed by atoms with Crippen molar-refractivity contribution in [2.45, 2.75) is 164 Å². The number of fused-ring (bicyclic) bond motifs is 3. The molecule has 0 spiro atoms.